The number of nitrogens with one attached hydrogen (secondary N) is 1. The number of benzene rings is 1. The summed E-state index contributed by atoms with van der Waals surface area (Å²) in [5.41, 5.74) is -0.504. The van der Waals surface area contributed by atoms with Crippen molar-refractivity contribution in [2.24, 2.45) is 5.92 Å². The first kappa shape index (κ1) is 22.3. The van der Waals surface area contributed by atoms with Crippen molar-refractivity contribution in [3.05, 3.63) is 46.9 Å². The van der Waals surface area contributed by atoms with Gasteiger partial charge in [0, 0.05) is 12.1 Å². The number of amides is 1. The maximum absolute atomic E-state index is 14.5. The summed E-state index contributed by atoms with van der Waals surface area (Å²) in [4.78, 5) is 16.0. The van der Waals surface area contributed by atoms with Gasteiger partial charge in [-0.15, -0.1) is 0 Å². The zero-order valence-corrected chi connectivity index (χ0v) is 17.9. The average molecular weight is 457 g/mol. The van der Waals surface area contributed by atoms with Gasteiger partial charge >= 0.3 is 0 Å². The number of sulfonamides is 1. The van der Waals surface area contributed by atoms with Crippen LogP contribution < -0.4 is 14.2 Å². The molecule has 0 spiro atoms. The summed E-state index contributed by atoms with van der Waals surface area (Å²) in [5, 5.41) is 0.0275. The van der Waals surface area contributed by atoms with Gasteiger partial charge in [-0.05, 0) is 37.8 Å². The van der Waals surface area contributed by atoms with Crippen molar-refractivity contribution in [2.45, 2.75) is 37.5 Å². The van der Waals surface area contributed by atoms with Gasteiger partial charge < -0.3 is 9.47 Å². The monoisotopic (exact) mass is 456 g/mol. The van der Waals surface area contributed by atoms with E-state index >= 15 is 0 Å². The molecular weight excluding hydrogens is 435 g/mol. The predicted molar refractivity (Wildman–Crippen MR) is 109 cm³/mol. The highest BCUT2D eigenvalue weighted by Crippen LogP contribution is 2.31. The van der Waals surface area contributed by atoms with Gasteiger partial charge in [0.05, 0.1) is 30.0 Å². The van der Waals surface area contributed by atoms with Gasteiger partial charge in [0.15, 0.2) is 0 Å². The van der Waals surface area contributed by atoms with Gasteiger partial charge in [-0.3, -0.25) is 4.79 Å². The van der Waals surface area contributed by atoms with E-state index in [1.807, 2.05) is 4.72 Å². The summed E-state index contributed by atoms with van der Waals surface area (Å²) in [6.07, 6.45) is 5.45. The topological polar surface area (TPSA) is 94.6 Å². The Hall–Kier alpha value is -2.39. The van der Waals surface area contributed by atoms with Crippen molar-refractivity contribution in [1.29, 1.82) is 0 Å². The molecule has 2 aromatic rings. The number of rotatable bonds is 8. The van der Waals surface area contributed by atoms with E-state index in [9.17, 15) is 17.6 Å². The molecule has 0 atom stereocenters. The summed E-state index contributed by atoms with van der Waals surface area (Å²) in [6.45, 7) is 2.55. The molecule has 3 rings (SSSR count). The average Bonchev–Trinajstić information content (AvgIpc) is 3.22. The molecule has 1 aliphatic carbocycles. The quantitative estimate of drug-likeness (QED) is 0.646. The first-order chi connectivity index (χ1) is 14.3. The van der Waals surface area contributed by atoms with Crippen molar-refractivity contribution in [2.75, 3.05) is 13.2 Å². The van der Waals surface area contributed by atoms with E-state index in [1.54, 1.807) is 6.92 Å². The fraction of sp³-hybridized carbons (Fsp3) is 0.400. The summed E-state index contributed by atoms with van der Waals surface area (Å²) >= 11 is 6.12. The van der Waals surface area contributed by atoms with Gasteiger partial charge in [-0.25, -0.2) is 22.5 Å². The number of carbonyl (C=O) groups is 1. The van der Waals surface area contributed by atoms with Crippen LogP contribution in [0.4, 0.5) is 4.39 Å². The highest BCUT2D eigenvalue weighted by atomic mass is 35.5. The predicted octanol–water partition coefficient (Wildman–Crippen LogP) is 3.96. The van der Waals surface area contributed by atoms with E-state index in [0.717, 1.165) is 44.0 Å². The minimum absolute atomic E-state index is 0.0275. The number of hydrogen-bond donors (Lipinski definition) is 1. The fourth-order valence-electron chi connectivity index (χ4n) is 3.19. The van der Waals surface area contributed by atoms with E-state index in [0.29, 0.717) is 19.1 Å². The lowest BCUT2D eigenvalue weighted by molar-refractivity contribution is 0.0977. The van der Waals surface area contributed by atoms with Crippen LogP contribution in [0.15, 0.2) is 35.4 Å². The number of pyridine rings is 1. The molecule has 0 saturated heterocycles. The summed E-state index contributed by atoms with van der Waals surface area (Å²) < 4.78 is 51.8. The third-order valence-electron chi connectivity index (χ3n) is 4.75. The normalized spacial score (nSPS) is 14.5. The molecule has 1 aliphatic rings. The Morgan fingerprint density at radius 2 is 2.00 bits per heavy atom. The third kappa shape index (κ3) is 5.40. The number of carbonyl (C=O) groups excluding carboxylic acids is 1. The Bertz CT molecular complexity index is 1010. The van der Waals surface area contributed by atoms with Crippen LogP contribution in [0.3, 0.4) is 0 Å². The van der Waals surface area contributed by atoms with Crippen molar-refractivity contribution in [1.82, 2.24) is 9.71 Å². The lowest BCUT2D eigenvalue weighted by atomic mass is 10.1. The standard InChI is InChI=1S/C20H22ClFN2O5S/c1-2-28-19-8-7-14(11-23-19)30(26,27)24-20(25)15-9-16(21)18(10-17(15)22)29-12-13-5-3-4-6-13/h7-11,13H,2-6,12H2,1H3,(H,24,25). The molecule has 30 heavy (non-hydrogen) atoms. The minimum atomic E-state index is -4.26. The Morgan fingerprint density at radius 1 is 1.27 bits per heavy atom. The SMILES string of the molecule is CCOc1ccc(S(=O)(=O)NC(=O)c2cc(Cl)c(OCC3CCCC3)cc2F)cn1. The first-order valence-corrected chi connectivity index (χ1v) is 11.4. The molecule has 0 bridgehead atoms. The molecule has 1 N–H and O–H groups in total. The molecule has 7 nitrogen and oxygen atoms in total. The van der Waals surface area contributed by atoms with Crippen molar-refractivity contribution in [3.63, 3.8) is 0 Å². The second-order valence-electron chi connectivity index (χ2n) is 6.92. The highest BCUT2D eigenvalue weighted by Gasteiger charge is 2.23. The molecule has 1 amide bonds. The molecular formula is C20H22ClFN2O5S. The number of hydrogen-bond acceptors (Lipinski definition) is 6. The fourth-order valence-corrected chi connectivity index (χ4v) is 4.32. The Labute approximate surface area is 179 Å². The summed E-state index contributed by atoms with van der Waals surface area (Å²) in [5.74, 6) is -1.31. The largest absolute Gasteiger partial charge is 0.492 e. The van der Waals surface area contributed by atoms with Crippen LogP contribution in [0.2, 0.25) is 5.02 Å². The second-order valence-corrected chi connectivity index (χ2v) is 9.01. The second kappa shape index (κ2) is 9.61. The van der Waals surface area contributed by atoms with Crippen molar-refractivity contribution >= 4 is 27.5 Å². The molecule has 10 heteroatoms. The summed E-state index contributed by atoms with van der Waals surface area (Å²) in [7, 11) is -4.26. The van der Waals surface area contributed by atoms with Gasteiger partial charge in [-0.2, -0.15) is 0 Å². The summed E-state index contributed by atoms with van der Waals surface area (Å²) in [6, 6.07) is 4.65. The number of nitrogens with zero attached hydrogens (tertiary/aromatic N) is 1. The van der Waals surface area contributed by atoms with E-state index in [2.05, 4.69) is 4.98 Å². The molecule has 0 unspecified atom stereocenters. The van der Waals surface area contributed by atoms with Gasteiger partial charge in [0.1, 0.15) is 16.5 Å². The zero-order chi connectivity index (χ0) is 21.7. The van der Waals surface area contributed by atoms with Crippen LogP contribution in [0.5, 0.6) is 11.6 Å². The third-order valence-corrected chi connectivity index (χ3v) is 6.37. The number of halogens is 2. The maximum atomic E-state index is 14.5. The van der Waals surface area contributed by atoms with Crippen molar-refractivity contribution < 1.29 is 27.1 Å². The first-order valence-electron chi connectivity index (χ1n) is 9.58. The molecule has 1 aromatic carbocycles. The van der Waals surface area contributed by atoms with Crippen LogP contribution in [0.25, 0.3) is 0 Å². The lowest BCUT2D eigenvalue weighted by Gasteiger charge is -2.14. The van der Waals surface area contributed by atoms with Gasteiger partial charge in [-0.1, -0.05) is 24.4 Å². The molecule has 1 fully saturated rings. The van der Waals surface area contributed by atoms with Gasteiger partial charge in [0.25, 0.3) is 15.9 Å². The molecule has 162 valence electrons. The van der Waals surface area contributed by atoms with Gasteiger partial charge in [0.2, 0.25) is 5.88 Å². The Morgan fingerprint density at radius 3 is 2.63 bits per heavy atom. The lowest BCUT2D eigenvalue weighted by Crippen LogP contribution is -2.31. The molecule has 1 saturated carbocycles. The Balaban J connectivity index is 1.71. The van der Waals surface area contributed by atoms with Crippen LogP contribution in [0, 0.1) is 11.7 Å². The van der Waals surface area contributed by atoms with E-state index in [-0.39, 0.29) is 21.5 Å². The molecule has 1 heterocycles. The van der Waals surface area contributed by atoms with Crippen LogP contribution in [-0.2, 0) is 10.0 Å². The van der Waals surface area contributed by atoms with E-state index < -0.39 is 27.3 Å². The Kier molecular flexibility index (Phi) is 7.14. The number of aromatic nitrogens is 1. The maximum Gasteiger partial charge on any atom is 0.268 e. The molecule has 0 radical (unpaired) electrons. The van der Waals surface area contributed by atoms with E-state index in [4.69, 9.17) is 21.1 Å². The zero-order valence-electron chi connectivity index (χ0n) is 16.4. The minimum Gasteiger partial charge on any atom is -0.492 e. The van der Waals surface area contributed by atoms with Crippen LogP contribution in [0.1, 0.15) is 43.0 Å². The molecule has 1 aromatic heterocycles. The highest BCUT2D eigenvalue weighted by molar-refractivity contribution is 7.90. The van der Waals surface area contributed by atoms with Crippen LogP contribution in [-0.4, -0.2) is 32.5 Å². The van der Waals surface area contributed by atoms with Crippen LogP contribution >= 0.6 is 11.6 Å². The number of ether oxygens (including phenoxy) is 2. The van der Waals surface area contributed by atoms with Crippen molar-refractivity contribution in [3.8, 4) is 11.6 Å². The van der Waals surface area contributed by atoms with E-state index in [1.165, 1.54) is 12.1 Å². The smallest absolute Gasteiger partial charge is 0.268 e. The molecule has 0 aliphatic heterocycles.